The van der Waals surface area contributed by atoms with E-state index in [0.717, 1.165) is 13.0 Å². The van der Waals surface area contributed by atoms with Crippen molar-refractivity contribution in [1.29, 1.82) is 0 Å². The van der Waals surface area contributed by atoms with Gasteiger partial charge in [-0.3, -0.25) is 4.79 Å². The van der Waals surface area contributed by atoms with Crippen molar-refractivity contribution in [2.75, 3.05) is 13.6 Å². The lowest BCUT2D eigenvalue weighted by atomic mass is 10.0. The van der Waals surface area contributed by atoms with Crippen LogP contribution < -0.4 is 0 Å². The molecule has 0 aromatic carbocycles. The molecule has 178 valence electrons. The molecule has 0 aliphatic heterocycles. The molecular weight excluding hydrogens is 366 g/mol. The molecule has 2 heteroatoms. The Morgan fingerprint density at radius 1 is 0.567 bits per heavy atom. The Morgan fingerprint density at radius 2 is 0.833 bits per heavy atom. The van der Waals surface area contributed by atoms with Crippen LogP contribution >= 0.6 is 0 Å². The Morgan fingerprint density at radius 3 is 1.10 bits per heavy atom. The van der Waals surface area contributed by atoms with Crippen molar-refractivity contribution in [1.82, 2.24) is 4.90 Å². The molecule has 2 nitrogen and oxygen atoms in total. The van der Waals surface area contributed by atoms with E-state index >= 15 is 0 Å². The molecule has 30 heavy (non-hydrogen) atoms. The Balaban J connectivity index is 3.08. The van der Waals surface area contributed by atoms with E-state index in [4.69, 9.17) is 0 Å². The summed E-state index contributed by atoms with van der Waals surface area (Å²) < 4.78 is 0. The second-order valence-electron chi connectivity index (χ2n) is 9.39. The van der Waals surface area contributed by atoms with Crippen molar-refractivity contribution >= 4 is 5.91 Å². The minimum absolute atomic E-state index is 0.0403. The summed E-state index contributed by atoms with van der Waals surface area (Å²) in [6, 6.07) is 0. The molecule has 0 aliphatic carbocycles. The summed E-state index contributed by atoms with van der Waals surface area (Å²) in [5, 5.41) is 0. The summed E-state index contributed by atoms with van der Waals surface area (Å²) in [7, 11) is 1.86. The zero-order valence-corrected chi connectivity index (χ0v) is 20.9. The predicted octanol–water partition coefficient (Wildman–Crippen LogP) is 9.23. The summed E-state index contributed by atoms with van der Waals surface area (Å²) in [5.74, 6) is 0.0403. The fraction of sp³-hybridized carbons (Fsp3) is 0.893. The van der Waals surface area contributed by atoms with Crippen molar-refractivity contribution in [2.24, 2.45) is 0 Å². The van der Waals surface area contributed by atoms with Crippen molar-refractivity contribution in [3.63, 3.8) is 0 Å². The maximum atomic E-state index is 11.4. The molecule has 0 aliphatic rings. The fourth-order valence-electron chi connectivity index (χ4n) is 4.22. The predicted molar refractivity (Wildman–Crippen MR) is 135 cm³/mol. The van der Waals surface area contributed by atoms with Gasteiger partial charge in [-0.2, -0.15) is 0 Å². The smallest absolute Gasteiger partial charge is 0.245 e. The molecule has 1 amide bonds. The molecule has 0 aromatic rings. The number of rotatable bonds is 24. The van der Waals surface area contributed by atoms with Gasteiger partial charge < -0.3 is 4.90 Å². The average Bonchev–Trinajstić information content (AvgIpc) is 2.76. The van der Waals surface area contributed by atoms with Gasteiger partial charge in [0.2, 0.25) is 5.91 Å². The van der Waals surface area contributed by atoms with Crippen LogP contribution in [0, 0.1) is 0 Å². The SMILES string of the molecule is C=CC(=O)N(C)CCCCCCCCCCCCCCCCCCCCCCCC. The van der Waals surface area contributed by atoms with Gasteiger partial charge >= 0.3 is 0 Å². The van der Waals surface area contributed by atoms with E-state index in [1.165, 1.54) is 141 Å². The van der Waals surface area contributed by atoms with Crippen LogP contribution in [0.3, 0.4) is 0 Å². The van der Waals surface area contributed by atoms with Crippen molar-refractivity contribution in [3.8, 4) is 0 Å². The maximum absolute atomic E-state index is 11.4. The van der Waals surface area contributed by atoms with E-state index in [1.54, 1.807) is 4.90 Å². The Bertz CT molecular complexity index is 366. The molecule has 0 radical (unpaired) electrons. The fourth-order valence-corrected chi connectivity index (χ4v) is 4.22. The highest BCUT2D eigenvalue weighted by molar-refractivity contribution is 5.86. The lowest BCUT2D eigenvalue weighted by Crippen LogP contribution is -2.25. The number of carbonyl (C=O) groups excluding carboxylic acids is 1. The van der Waals surface area contributed by atoms with Crippen LogP contribution in [-0.2, 0) is 4.79 Å². The average molecular weight is 422 g/mol. The molecule has 0 bridgehead atoms. The number of hydrogen-bond donors (Lipinski definition) is 0. The number of likely N-dealkylation sites (N-methyl/N-ethyl adjacent to an activating group) is 1. The number of amides is 1. The van der Waals surface area contributed by atoms with Crippen molar-refractivity contribution in [3.05, 3.63) is 12.7 Å². The zero-order chi connectivity index (χ0) is 22.1. The van der Waals surface area contributed by atoms with E-state index in [9.17, 15) is 4.79 Å². The topological polar surface area (TPSA) is 20.3 Å². The van der Waals surface area contributed by atoms with Crippen LogP contribution in [0.1, 0.15) is 148 Å². The van der Waals surface area contributed by atoms with Gasteiger partial charge in [-0.25, -0.2) is 0 Å². The maximum Gasteiger partial charge on any atom is 0.245 e. The highest BCUT2D eigenvalue weighted by Crippen LogP contribution is 2.15. The number of hydrogen-bond acceptors (Lipinski definition) is 1. The molecule has 0 saturated heterocycles. The second-order valence-corrected chi connectivity index (χ2v) is 9.39. The summed E-state index contributed by atoms with van der Waals surface area (Å²) in [4.78, 5) is 13.1. The molecule has 0 heterocycles. The first-order valence-electron chi connectivity index (χ1n) is 13.6. The zero-order valence-electron chi connectivity index (χ0n) is 20.9. The highest BCUT2D eigenvalue weighted by atomic mass is 16.2. The third-order valence-electron chi connectivity index (χ3n) is 6.40. The summed E-state index contributed by atoms with van der Waals surface area (Å²) >= 11 is 0. The van der Waals surface area contributed by atoms with E-state index in [1.807, 2.05) is 7.05 Å². The van der Waals surface area contributed by atoms with E-state index in [0.29, 0.717) is 0 Å². The lowest BCUT2D eigenvalue weighted by molar-refractivity contribution is -0.124. The van der Waals surface area contributed by atoms with Gasteiger partial charge in [0.15, 0.2) is 0 Å². The van der Waals surface area contributed by atoms with Crippen LogP contribution in [0.4, 0.5) is 0 Å². The third kappa shape index (κ3) is 21.9. The molecule has 0 aromatic heterocycles. The third-order valence-corrected chi connectivity index (χ3v) is 6.40. The summed E-state index contributed by atoms with van der Waals surface area (Å²) in [6.07, 6.45) is 32.4. The van der Waals surface area contributed by atoms with E-state index < -0.39 is 0 Å². The molecule has 0 unspecified atom stereocenters. The van der Waals surface area contributed by atoms with Crippen LogP contribution in [-0.4, -0.2) is 24.4 Å². The molecule has 0 rings (SSSR count). The molecule has 0 N–H and O–H groups in total. The summed E-state index contributed by atoms with van der Waals surface area (Å²) in [5.41, 5.74) is 0. The first-order valence-corrected chi connectivity index (χ1v) is 13.6. The summed E-state index contributed by atoms with van der Waals surface area (Å²) in [6.45, 7) is 6.69. The van der Waals surface area contributed by atoms with Gasteiger partial charge in [0.05, 0.1) is 0 Å². The van der Waals surface area contributed by atoms with Crippen LogP contribution in [0.5, 0.6) is 0 Å². The second kappa shape index (κ2) is 24.5. The standard InChI is InChI=1S/C28H55NO/c1-4-6-7-8-9-10-11-12-13-14-15-16-17-18-19-20-21-22-23-24-25-26-27-29(3)28(30)5-2/h5H,2,4,6-27H2,1,3H3. The van der Waals surface area contributed by atoms with Gasteiger partial charge in [-0.1, -0.05) is 148 Å². The van der Waals surface area contributed by atoms with Gasteiger partial charge in [-0.05, 0) is 12.5 Å². The lowest BCUT2D eigenvalue weighted by Gasteiger charge is -2.14. The Hall–Kier alpha value is -0.790. The number of unbranched alkanes of at least 4 members (excludes halogenated alkanes) is 21. The first-order chi connectivity index (χ1) is 14.7. The Labute approximate surface area is 190 Å². The molecular formula is C28H55NO. The van der Waals surface area contributed by atoms with Crippen molar-refractivity contribution in [2.45, 2.75) is 148 Å². The van der Waals surface area contributed by atoms with E-state index in [-0.39, 0.29) is 5.91 Å². The van der Waals surface area contributed by atoms with Gasteiger partial charge in [0, 0.05) is 13.6 Å². The number of nitrogens with zero attached hydrogens (tertiary/aromatic N) is 1. The van der Waals surface area contributed by atoms with Gasteiger partial charge in [-0.15, -0.1) is 0 Å². The quantitative estimate of drug-likeness (QED) is 0.112. The largest absolute Gasteiger partial charge is 0.342 e. The van der Waals surface area contributed by atoms with Crippen LogP contribution in [0.25, 0.3) is 0 Å². The number of carbonyl (C=O) groups is 1. The Kier molecular flexibility index (Phi) is 23.8. The molecule has 0 atom stereocenters. The minimum atomic E-state index is 0.0403. The minimum Gasteiger partial charge on any atom is -0.342 e. The van der Waals surface area contributed by atoms with Gasteiger partial charge in [0.1, 0.15) is 0 Å². The normalized spacial score (nSPS) is 11.0. The monoisotopic (exact) mass is 421 g/mol. The van der Waals surface area contributed by atoms with Crippen molar-refractivity contribution < 1.29 is 4.79 Å². The molecule has 0 saturated carbocycles. The molecule has 0 fully saturated rings. The van der Waals surface area contributed by atoms with Crippen LogP contribution in [0.15, 0.2) is 12.7 Å². The highest BCUT2D eigenvalue weighted by Gasteiger charge is 2.02. The van der Waals surface area contributed by atoms with Gasteiger partial charge in [0.25, 0.3) is 0 Å². The first kappa shape index (κ1) is 29.2. The molecule has 0 spiro atoms. The van der Waals surface area contributed by atoms with Crippen LogP contribution in [0.2, 0.25) is 0 Å². The van der Waals surface area contributed by atoms with E-state index in [2.05, 4.69) is 13.5 Å².